The van der Waals surface area contributed by atoms with Crippen LogP contribution in [0.2, 0.25) is 0 Å². The zero-order valence-electron chi connectivity index (χ0n) is 27.6. The van der Waals surface area contributed by atoms with E-state index in [2.05, 4.69) is 5.32 Å². The number of carbonyl (C=O) groups is 3. The molecule has 2 fully saturated rings. The summed E-state index contributed by atoms with van der Waals surface area (Å²) in [6.45, 7) is 8.88. The highest BCUT2D eigenvalue weighted by Gasteiger charge is 2.51. The molecule has 1 aromatic heterocycles. The first-order valence-corrected chi connectivity index (χ1v) is 16.4. The van der Waals surface area contributed by atoms with Crippen LogP contribution < -0.4 is 14.8 Å². The minimum absolute atomic E-state index is 0.0963. The van der Waals surface area contributed by atoms with Crippen molar-refractivity contribution < 1.29 is 37.4 Å². The van der Waals surface area contributed by atoms with Gasteiger partial charge in [0.2, 0.25) is 11.8 Å². The van der Waals surface area contributed by atoms with Crippen LogP contribution in [0.15, 0.2) is 18.2 Å². The van der Waals surface area contributed by atoms with Gasteiger partial charge in [0, 0.05) is 30.7 Å². The van der Waals surface area contributed by atoms with Crippen molar-refractivity contribution in [2.75, 3.05) is 13.7 Å². The average Bonchev–Trinajstić information content (AvgIpc) is 3.49. The number of amides is 2. The third-order valence-corrected chi connectivity index (χ3v) is 9.64. The van der Waals surface area contributed by atoms with Crippen molar-refractivity contribution in [1.82, 2.24) is 20.2 Å². The maximum atomic E-state index is 14.5. The Kier molecular flexibility index (Phi) is 9.75. The lowest BCUT2D eigenvalue weighted by molar-refractivity contribution is -0.141. The minimum atomic E-state index is -2.93. The Morgan fingerprint density at radius 1 is 1.09 bits per heavy atom. The second kappa shape index (κ2) is 13.3. The zero-order valence-corrected chi connectivity index (χ0v) is 27.6. The van der Waals surface area contributed by atoms with Crippen molar-refractivity contribution in [2.24, 2.45) is 17.3 Å². The predicted octanol–water partition coefficient (Wildman–Crippen LogP) is 5.88. The summed E-state index contributed by atoms with van der Waals surface area (Å²) in [5.41, 5.74) is 1.14. The standard InChI is InChI=1S/C34H46F2N4O6/c1-7-22-27-18-40(28(22)19(2)41)31(42)29(33(3,4)5)39-32(43)46-26-17-34(35,36)16-20(26)11-9-8-10-12-24-30(45-27)38-25-15-21(44-6)13-14-23(25)37-24/h13-15,20,22,26-29H,7-12,16-18H2,1-6H3,(H,39,43)/t20-,22-,26-,27+,28-,29-/m1/s1. The van der Waals surface area contributed by atoms with Gasteiger partial charge in [0.05, 0.1) is 30.7 Å². The summed E-state index contributed by atoms with van der Waals surface area (Å²) < 4.78 is 46.7. The number of ketones is 1. The highest BCUT2D eigenvalue weighted by molar-refractivity contribution is 5.92. The Hall–Kier alpha value is -3.57. The monoisotopic (exact) mass is 644 g/mol. The SMILES string of the molecule is CC[C@@H]1[C@@H]2CN(C(=O)[C@H](C(C)(C)C)NC(=O)O[C@@H]3CC(F)(F)C[C@H]3CCCCCc3nc4ccc(OC)cc4nc3O2)[C@@H]1C(C)=O. The molecule has 10 nitrogen and oxygen atoms in total. The number of nitrogens with zero attached hydrogens (tertiary/aromatic N) is 3. The molecule has 46 heavy (non-hydrogen) atoms. The molecule has 1 aliphatic carbocycles. The number of methoxy groups -OCH3 is 1. The van der Waals surface area contributed by atoms with E-state index in [-0.39, 0.29) is 24.7 Å². The van der Waals surface area contributed by atoms with E-state index in [4.69, 9.17) is 24.2 Å². The Labute approximate surface area is 268 Å². The van der Waals surface area contributed by atoms with E-state index in [1.165, 1.54) is 11.8 Å². The number of carbonyl (C=O) groups excluding carboxylic acids is 3. The van der Waals surface area contributed by atoms with Gasteiger partial charge in [-0.15, -0.1) is 0 Å². The lowest BCUT2D eigenvalue weighted by atomic mass is 9.85. The average molecular weight is 645 g/mol. The zero-order chi connectivity index (χ0) is 33.4. The van der Waals surface area contributed by atoms with E-state index in [1.807, 2.05) is 19.1 Å². The molecule has 2 aliphatic heterocycles. The van der Waals surface area contributed by atoms with Gasteiger partial charge in [0.25, 0.3) is 5.92 Å². The molecular formula is C34H46F2N4O6. The Morgan fingerprint density at radius 3 is 2.52 bits per heavy atom. The number of fused-ring (bicyclic) bond motifs is 5. The van der Waals surface area contributed by atoms with Crippen molar-refractivity contribution >= 4 is 28.8 Å². The first-order chi connectivity index (χ1) is 21.7. The summed E-state index contributed by atoms with van der Waals surface area (Å²) in [6, 6.07) is 3.56. The number of benzene rings is 1. The third kappa shape index (κ3) is 7.20. The second-order valence-corrected chi connectivity index (χ2v) is 14.1. The molecule has 0 unspecified atom stereocenters. The fourth-order valence-electron chi connectivity index (χ4n) is 7.28. The largest absolute Gasteiger partial charge is 0.497 e. The third-order valence-electron chi connectivity index (χ3n) is 9.64. The van der Waals surface area contributed by atoms with E-state index < -0.39 is 60.0 Å². The number of alkyl carbamates (subject to hydrolysis) is 1. The molecule has 0 radical (unpaired) electrons. The Bertz CT molecular complexity index is 1460. The van der Waals surface area contributed by atoms with Gasteiger partial charge in [-0.1, -0.05) is 40.5 Å². The van der Waals surface area contributed by atoms with Gasteiger partial charge in [-0.05, 0) is 50.2 Å². The van der Waals surface area contributed by atoms with E-state index in [9.17, 15) is 23.2 Å². The van der Waals surface area contributed by atoms with E-state index >= 15 is 0 Å². The molecule has 2 bridgehead atoms. The van der Waals surface area contributed by atoms with Crippen LogP contribution in [-0.2, 0) is 20.7 Å². The molecule has 3 aliphatic rings. The summed E-state index contributed by atoms with van der Waals surface area (Å²) in [6.07, 6.45) is 0.400. The summed E-state index contributed by atoms with van der Waals surface area (Å²) in [7, 11) is 1.58. The Balaban J connectivity index is 1.55. The number of halogens is 2. The number of hydrogen-bond acceptors (Lipinski definition) is 8. The van der Waals surface area contributed by atoms with Gasteiger partial charge < -0.3 is 24.4 Å². The molecule has 2 aromatic rings. The fourth-order valence-corrected chi connectivity index (χ4v) is 7.28. The predicted molar refractivity (Wildman–Crippen MR) is 167 cm³/mol. The van der Waals surface area contributed by atoms with Gasteiger partial charge in [0.15, 0.2) is 5.78 Å². The van der Waals surface area contributed by atoms with E-state index in [1.54, 1.807) is 33.9 Å². The van der Waals surface area contributed by atoms with Gasteiger partial charge in [0.1, 0.15) is 29.7 Å². The molecule has 6 atom stereocenters. The van der Waals surface area contributed by atoms with E-state index in [0.717, 1.165) is 12.8 Å². The number of nitrogens with one attached hydrogen (secondary N) is 1. The molecule has 3 heterocycles. The lowest BCUT2D eigenvalue weighted by Gasteiger charge is -2.35. The number of aromatic nitrogens is 2. The summed E-state index contributed by atoms with van der Waals surface area (Å²) in [4.78, 5) is 51.8. The number of rotatable bonds is 3. The molecule has 1 N–H and O–H groups in total. The highest BCUT2D eigenvalue weighted by Crippen LogP contribution is 2.43. The maximum Gasteiger partial charge on any atom is 0.408 e. The molecule has 1 saturated heterocycles. The lowest BCUT2D eigenvalue weighted by Crippen LogP contribution is -2.57. The van der Waals surface area contributed by atoms with Gasteiger partial charge >= 0.3 is 6.09 Å². The molecular weight excluding hydrogens is 598 g/mol. The van der Waals surface area contributed by atoms with Crippen LogP contribution in [0.3, 0.4) is 0 Å². The second-order valence-electron chi connectivity index (χ2n) is 14.1. The number of hydrogen-bond donors (Lipinski definition) is 1. The minimum Gasteiger partial charge on any atom is -0.497 e. The van der Waals surface area contributed by atoms with Crippen molar-refractivity contribution in [3.05, 3.63) is 23.9 Å². The van der Waals surface area contributed by atoms with Gasteiger partial charge in [-0.3, -0.25) is 9.59 Å². The van der Waals surface area contributed by atoms with Gasteiger partial charge in [-0.2, -0.15) is 0 Å². The normalized spacial score (nSPS) is 29.1. The first-order valence-electron chi connectivity index (χ1n) is 16.4. The number of Topliss-reactive ketones (excluding diaryl/α,β-unsaturated/α-hetero) is 1. The summed E-state index contributed by atoms with van der Waals surface area (Å²) >= 11 is 0. The van der Waals surface area contributed by atoms with Crippen molar-refractivity contribution in [3.63, 3.8) is 0 Å². The topological polar surface area (TPSA) is 120 Å². The number of ether oxygens (including phenoxy) is 3. The summed E-state index contributed by atoms with van der Waals surface area (Å²) in [5.74, 6) is -3.46. The van der Waals surface area contributed by atoms with Gasteiger partial charge in [-0.25, -0.2) is 23.5 Å². The van der Waals surface area contributed by atoms with Crippen LogP contribution in [0.5, 0.6) is 11.6 Å². The molecule has 1 saturated carbocycles. The van der Waals surface area contributed by atoms with Crippen molar-refractivity contribution in [2.45, 2.75) is 116 Å². The summed E-state index contributed by atoms with van der Waals surface area (Å²) in [5, 5.41) is 2.69. The van der Waals surface area contributed by atoms with Crippen molar-refractivity contribution in [3.8, 4) is 11.6 Å². The Morgan fingerprint density at radius 2 is 1.85 bits per heavy atom. The fraction of sp³-hybridized carbons (Fsp3) is 0.676. The molecule has 5 rings (SSSR count). The van der Waals surface area contributed by atoms with Crippen LogP contribution in [0, 0.1) is 17.3 Å². The molecule has 252 valence electrons. The molecule has 2 amide bonds. The van der Waals surface area contributed by atoms with E-state index in [0.29, 0.717) is 54.0 Å². The first kappa shape index (κ1) is 33.8. The number of aryl methyl sites for hydroxylation is 1. The van der Waals surface area contributed by atoms with Crippen LogP contribution in [0.1, 0.15) is 85.3 Å². The quantitative estimate of drug-likeness (QED) is 0.440. The van der Waals surface area contributed by atoms with Crippen LogP contribution in [0.25, 0.3) is 11.0 Å². The molecule has 1 aromatic carbocycles. The molecule has 0 spiro atoms. The van der Waals surface area contributed by atoms with Crippen LogP contribution in [-0.4, -0.2) is 76.5 Å². The highest BCUT2D eigenvalue weighted by atomic mass is 19.3. The number of alkyl halides is 2. The van der Waals surface area contributed by atoms with Crippen LogP contribution in [0.4, 0.5) is 13.6 Å². The smallest absolute Gasteiger partial charge is 0.408 e. The van der Waals surface area contributed by atoms with Crippen molar-refractivity contribution in [1.29, 1.82) is 0 Å². The molecule has 12 heteroatoms. The maximum absolute atomic E-state index is 14.5. The van der Waals surface area contributed by atoms with Crippen LogP contribution >= 0.6 is 0 Å².